The second kappa shape index (κ2) is 11.2. The fraction of sp³-hybridized carbons (Fsp3) is 0.219. The fourth-order valence-electron chi connectivity index (χ4n) is 4.82. The van der Waals surface area contributed by atoms with Crippen molar-refractivity contribution in [3.05, 3.63) is 107 Å². The number of anilines is 2. The van der Waals surface area contributed by atoms with Gasteiger partial charge in [-0.05, 0) is 92.9 Å². The van der Waals surface area contributed by atoms with E-state index in [-0.39, 0.29) is 30.6 Å². The molecule has 9 heteroatoms. The van der Waals surface area contributed by atoms with E-state index in [1.807, 2.05) is 27.7 Å². The quantitative estimate of drug-likeness (QED) is 0.302. The maximum atomic E-state index is 13.5. The number of ether oxygens (including phenoxy) is 2. The van der Waals surface area contributed by atoms with Crippen LogP contribution in [0.3, 0.4) is 0 Å². The molecule has 5 rings (SSSR count). The topological polar surface area (TPSA) is 120 Å². The number of aromatic nitrogens is 2. The van der Waals surface area contributed by atoms with Gasteiger partial charge in [-0.25, -0.2) is 0 Å². The Morgan fingerprint density at radius 3 is 2.07 bits per heavy atom. The van der Waals surface area contributed by atoms with Crippen LogP contribution in [0.5, 0.6) is 11.5 Å². The lowest BCUT2D eigenvalue weighted by Crippen LogP contribution is -2.45. The van der Waals surface area contributed by atoms with Crippen LogP contribution in [0.25, 0.3) is 0 Å². The van der Waals surface area contributed by atoms with Crippen LogP contribution < -0.4 is 20.1 Å². The highest BCUT2D eigenvalue weighted by Crippen LogP contribution is 2.43. The van der Waals surface area contributed by atoms with E-state index in [1.165, 1.54) is 12.4 Å². The zero-order chi connectivity index (χ0) is 29.1. The molecule has 2 amide bonds. The number of hydrogen-bond donors (Lipinski definition) is 2. The number of amides is 2. The fourth-order valence-corrected chi connectivity index (χ4v) is 4.82. The molecule has 0 bridgehead atoms. The molecule has 3 heterocycles. The first-order valence-corrected chi connectivity index (χ1v) is 13.2. The molecule has 1 aliphatic heterocycles. The molecule has 2 aromatic heterocycles. The highest BCUT2D eigenvalue weighted by atomic mass is 16.5. The molecule has 9 nitrogen and oxygen atoms in total. The summed E-state index contributed by atoms with van der Waals surface area (Å²) in [7, 11) is 0. The maximum Gasteiger partial charge on any atom is 0.257 e. The van der Waals surface area contributed by atoms with Gasteiger partial charge in [0.25, 0.3) is 11.8 Å². The van der Waals surface area contributed by atoms with E-state index in [2.05, 4.69) is 20.6 Å². The van der Waals surface area contributed by atoms with E-state index in [4.69, 9.17) is 9.47 Å². The first-order chi connectivity index (χ1) is 19.6. The van der Waals surface area contributed by atoms with Crippen molar-refractivity contribution in [3.8, 4) is 11.5 Å². The molecule has 208 valence electrons. The van der Waals surface area contributed by atoms with Crippen molar-refractivity contribution >= 4 is 29.0 Å². The summed E-state index contributed by atoms with van der Waals surface area (Å²) in [5, 5.41) is 5.78. The first kappa shape index (κ1) is 27.5. The molecular formula is C32H30N4O5. The zero-order valence-electron chi connectivity index (χ0n) is 23.3. The Balaban J connectivity index is 1.29. The number of benzene rings is 2. The van der Waals surface area contributed by atoms with Gasteiger partial charge in [0.1, 0.15) is 23.7 Å². The standard InChI is InChI=1S/C32H30N4O5/c1-19-20(2)29-27(21(3)28(19)36-31(39)23-8-6-14-34-17-23)26(37)15-32(4,41-29)18-40-25-11-9-24(10-12-25)35-30(38)22-7-5-13-33-16-22/h5-14,16-17H,15,18H2,1-4H3,(H,35,38)(H,36,39). The predicted octanol–water partition coefficient (Wildman–Crippen LogP) is 5.71. The lowest BCUT2D eigenvalue weighted by atomic mass is 9.86. The summed E-state index contributed by atoms with van der Waals surface area (Å²) in [6.45, 7) is 7.58. The third-order valence-electron chi connectivity index (χ3n) is 7.16. The summed E-state index contributed by atoms with van der Waals surface area (Å²) < 4.78 is 12.5. The minimum atomic E-state index is -0.901. The lowest BCUT2D eigenvalue weighted by Gasteiger charge is -2.37. The van der Waals surface area contributed by atoms with Crippen molar-refractivity contribution in [2.45, 2.75) is 39.7 Å². The van der Waals surface area contributed by atoms with Crippen LogP contribution in [0.15, 0.2) is 73.3 Å². The van der Waals surface area contributed by atoms with Crippen LogP contribution >= 0.6 is 0 Å². The summed E-state index contributed by atoms with van der Waals surface area (Å²) >= 11 is 0. The Kier molecular flexibility index (Phi) is 7.52. The van der Waals surface area contributed by atoms with Crippen LogP contribution in [0.4, 0.5) is 11.4 Å². The molecule has 1 atom stereocenters. The summed E-state index contributed by atoms with van der Waals surface area (Å²) in [5.41, 5.74) is 3.94. The van der Waals surface area contributed by atoms with Gasteiger partial charge in [-0.2, -0.15) is 0 Å². The van der Waals surface area contributed by atoms with Gasteiger partial charge in [0.2, 0.25) is 0 Å². The van der Waals surface area contributed by atoms with Gasteiger partial charge in [0.15, 0.2) is 5.78 Å². The predicted molar refractivity (Wildman–Crippen MR) is 155 cm³/mol. The largest absolute Gasteiger partial charge is 0.489 e. The number of fused-ring (bicyclic) bond motifs is 1. The molecule has 0 saturated heterocycles. The molecule has 41 heavy (non-hydrogen) atoms. The molecule has 0 aliphatic carbocycles. The number of pyridine rings is 2. The second-order valence-electron chi connectivity index (χ2n) is 10.3. The monoisotopic (exact) mass is 550 g/mol. The van der Waals surface area contributed by atoms with Crippen molar-refractivity contribution in [2.75, 3.05) is 17.2 Å². The van der Waals surface area contributed by atoms with Gasteiger partial charge in [0.05, 0.1) is 23.1 Å². The Morgan fingerprint density at radius 2 is 1.49 bits per heavy atom. The molecule has 0 saturated carbocycles. The number of ketones is 1. The first-order valence-electron chi connectivity index (χ1n) is 13.2. The van der Waals surface area contributed by atoms with Gasteiger partial charge < -0.3 is 20.1 Å². The molecule has 0 radical (unpaired) electrons. The molecule has 2 aromatic carbocycles. The SMILES string of the molecule is Cc1c(C)c2c(c(C)c1NC(=O)c1cccnc1)C(=O)CC(C)(COc1ccc(NC(=O)c3cccnc3)cc1)O2. The minimum Gasteiger partial charge on any atom is -0.489 e. The number of Topliss-reactive ketones (excluding diaryl/α,β-unsaturated/α-hetero) is 1. The smallest absolute Gasteiger partial charge is 0.257 e. The summed E-state index contributed by atoms with van der Waals surface area (Å²) in [6, 6.07) is 13.8. The third kappa shape index (κ3) is 5.79. The van der Waals surface area contributed by atoms with Crippen LogP contribution in [-0.2, 0) is 0 Å². The Hall–Kier alpha value is -5.05. The van der Waals surface area contributed by atoms with Gasteiger partial charge >= 0.3 is 0 Å². The van der Waals surface area contributed by atoms with Crippen LogP contribution in [0, 0.1) is 20.8 Å². The van der Waals surface area contributed by atoms with Gasteiger partial charge in [-0.1, -0.05) is 0 Å². The van der Waals surface area contributed by atoms with Crippen LogP contribution in [0.2, 0.25) is 0 Å². The van der Waals surface area contributed by atoms with Gasteiger partial charge in [-0.15, -0.1) is 0 Å². The highest BCUT2D eigenvalue weighted by molar-refractivity contribution is 6.08. The van der Waals surface area contributed by atoms with E-state index in [1.54, 1.807) is 60.9 Å². The third-order valence-corrected chi connectivity index (χ3v) is 7.16. The van der Waals surface area contributed by atoms with Crippen molar-refractivity contribution in [1.29, 1.82) is 0 Å². The van der Waals surface area contributed by atoms with Gasteiger partial charge in [0, 0.05) is 36.2 Å². The summed E-state index contributed by atoms with van der Waals surface area (Å²) in [6.07, 6.45) is 6.32. The van der Waals surface area contributed by atoms with Crippen molar-refractivity contribution in [2.24, 2.45) is 0 Å². The summed E-state index contributed by atoms with van der Waals surface area (Å²) in [4.78, 5) is 46.6. The second-order valence-corrected chi connectivity index (χ2v) is 10.3. The Labute approximate surface area is 237 Å². The van der Waals surface area contributed by atoms with Crippen LogP contribution in [0.1, 0.15) is 61.1 Å². The van der Waals surface area contributed by atoms with E-state index in [9.17, 15) is 14.4 Å². The minimum absolute atomic E-state index is 0.0803. The lowest BCUT2D eigenvalue weighted by molar-refractivity contribution is 0.0183. The molecule has 2 N–H and O–H groups in total. The maximum absolute atomic E-state index is 13.5. The molecule has 0 spiro atoms. The van der Waals surface area contributed by atoms with Crippen molar-refractivity contribution < 1.29 is 23.9 Å². The van der Waals surface area contributed by atoms with Crippen molar-refractivity contribution in [1.82, 2.24) is 9.97 Å². The van der Waals surface area contributed by atoms with Gasteiger partial charge in [-0.3, -0.25) is 24.4 Å². The Morgan fingerprint density at radius 1 is 0.878 bits per heavy atom. The van der Waals surface area contributed by atoms with E-state index < -0.39 is 5.60 Å². The average molecular weight is 551 g/mol. The van der Waals surface area contributed by atoms with Crippen LogP contribution in [-0.4, -0.2) is 39.8 Å². The number of nitrogens with one attached hydrogen (secondary N) is 2. The average Bonchev–Trinajstić information content (AvgIpc) is 2.98. The summed E-state index contributed by atoms with van der Waals surface area (Å²) in [5.74, 6) is 0.449. The number of carbonyl (C=O) groups is 3. The molecule has 1 aliphatic rings. The number of hydrogen-bond acceptors (Lipinski definition) is 7. The number of nitrogens with zero attached hydrogens (tertiary/aromatic N) is 2. The molecule has 4 aromatic rings. The van der Waals surface area contributed by atoms with Crippen molar-refractivity contribution in [3.63, 3.8) is 0 Å². The molecule has 0 fully saturated rings. The Bertz CT molecular complexity index is 1620. The number of rotatable bonds is 7. The normalized spacial score (nSPS) is 15.9. The molecular weight excluding hydrogens is 520 g/mol. The number of carbonyl (C=O) groups excluding carboxylic acids is 3. The molecule has 1 unspecified atom stereocenters. The van der Waals surface area contributed by atoms with E-state index >= 15 is 0 Å². The highest BCUT2D eigenvalue weighted by Gasteiger charge is 2.40. The van der Waals surface area contributed by atoms with E-state index in [0.29, 0.717) is 45.1 Å². The van der Waals surface area contributed by atoms with E-state index in [0.717, 1.165) is 11.1 Å². The zero-order valence-corrected chi connectivity index (χ0v) is 23.3.